The zero-order valence-electron chi connectivity index (χ0n) is 12.5. The Morgan fingerprint density at radius 2 is 1.85 bits per heavy atom. The molecule has 3 heteroatoms. The fraction of sp³-hybridized carbons (Fsp3) is 0.647. The molecule has 1 fully saturated rings. The molecule has 1 saturated carbocycles. The van der Waals surface area contributed by atoms with E-state index < -0.39 is 0 Å². The van der Waals surface area contributed by atoms with Crippen LogP contribution in [0.1, 0.15) is 57.4 Å². The van der Waals surface area contributed by atoms with E-state index in [2.05, 4.69) is 5.32 Å². The number of hydrogen-bond donors (Lipinski definition) is 1. The molecule has 0 radical (unpaired) electrons. The lowest BCUT2D eigenvalue weighted by atomic mass is 9.96. The van der Waals surface area contributed by atoms with Crippen LogP contribution in [0.4, 0.5) is 0 Å². The van der Waals surface area contributed by atoms with Crippen LogP contribution in [-0.4, -0.2) is 12.6 Å². The lowest BCUT2D eigenvalue weighted by molar-refractivity contribution is 0.332. The highest BCUT2D eigenvalue weighted by Gasteiger charge is 2.12. The molecule has 0 bridgehead atoms. The van der Waals surface area contributed by atoms with Crippen molar-refractivity contribution in [1.29, 1.82) is 0 Å². The number of ether oxygens (including phenoxy) is 1. The topological polar surface area (TPSA) is 21.3 Å². The zero-order valence-corrected chi connectivity index (χ0v) is 13.2. The third kappa shape index (κ3) is 4.99. The molecule has 0 heterocycles. The summed E-state index contributed by atoms with van der Waals surface area (Å²) in [5, 5.41) is 4.47. The molecular formula is C17H26ClNO. The van der Waals surface area contributed by atoms with Crippen LogP contribution in [0.3, 0.4) is 0 Å². The molecule has 20 heavy (non-hydrogen) atoms. The minimum atomic E-state index is 0.642. The van der Waals surface area contributed by atoms with Crippen molar-refractivity contribution in [2.45, 2.75) is 64.5 Å². The molecule has 112 valence electrons. The summed E-state index contributed by atoms with van der Waals surface area (Å²) in [6, 6.07) is 6.53. The summed E-state index contributed by atoms with van der Waals surface area (Å²) in [6.07, 6.45) is 9.49. The van der Waals surface area contributed by atoms with E-state index in [4.69, 9.17) is 16.3 Å². The van der Waals surface area contributed by atoms with Gasteiger partial charge in [-0.3, -0.25) is 0 Å². The van der Waals surface area contributed by atoms with Crippen LogP contribution in [0.2, 0.25) is 5.02 Å². The van der Waals surface area contributed by atoms with Gasteiger partial charge in [-0.2, -0.15) is 0 Å². The van der Waals surface area contributed by atoms with Gasteiger partial charge in [0.25, 0.3) is 0 Å². The van der Waals surface area contributed by atoms with Crippen molar-refractivity contribution in [3.8, 4) is 5.75 Å². The standard InChI is InChI=1S/C17H26ClNO/c1-2-20-17-11-10-15(18)12-14(17)13-19-16-8-6-4-3-5-7-9-16/h10-12,16,19H,2-9,13H2,1H3. The van der Waals surface area contributed by atoms with Crippen molar-refractivity contribution in [2.24, 2.45) is 0 Å². The van der Waals surface area contributed by atoms with Crippen molar-refractivity contribution in [1.82, 2.24) is 5.32 Å². The SMILES string of the molecule is CCOc1ccc(Cl)cc1CNC1CCCCCCC1. The largest absolute Gasteiger partial charge is 0.494 e. The van der Waals surface area contributed by atoms with Crippen molar-refractivity contribution >= 4 is 11.6 Å². The molecule has 0 amide bonds. The second kappa shape index (κ2) is 8.53. The number of nitrogens with one attached hydrogen (secondary N) is 1. The third-order valence-corrected chi connectivity index (χ3v) is 4.24. The van der Waals surface area contributed by atoms with Crippen LogP contribution >= 0.6 is 11.6 Å². The van der Waals surface area contributed by atoms with E-state index >= 15 is 0 Å². The van der Waals surface area contributed by atoms with Crippen molar-refractivity contribution < 1.29 is 4.74 Å². The minimum Gasteiger partial charge on any atom is -0.494 e. The molecule has 1 aliphatic rings. The van der Waals surface area contributed by atoms with E-state index in [1.54, 1.807) is 0 Å². The van der Waals surface area contributed by atoms with E-state index in [0.29, 0.717) is 12.6 Å². The molecule has 1 aliphatic carbocycles. The molecule has 0 atom stereocenters. The average molecular weight is 296 g/mol. The maximum Gasteiger partial charge on any atom is 0.123 e. The lowest BCUT2D eigenvalue weighted by Gasteiger charge is -2.22. The molecule has 0 aliphatic heterocycles. The first-order chi connectivity index (χ1) is 9.79. The van der Waals surface area contributed by atoms with Gasteiger partial charge in [-0.05, 0) is 38.0 Å². The molecule has 0 spiro atoms. The lowest BCUT2D eigenvalue weighted by Crippen LogP contribution is -2.29. The fourth-order valence-electron chi connectivity index (χ4n) is 2.90. The van der Waals surface area contributed by atoms with Crippen LogP contribution in [-0.2, 0) is 6.54 Å². The van der Waals surface area contributed by atoms with E-state index in [1.807, 2.05) is 25.1 Å². The predicted octanol–water partition coefficient (Wildman–Crippen LogP) is 4.94. The first kappa shape index (κ1) is 15.7. The molecule has 2 nitrogen and oxygen atoms in total. The molecule has 1 N–H and O–H groups in total. The van der Waals surface area contributed by atoms with Gasteiger partial charge in [-0.1, -0.05) is 43.7 Å². The summed E-state index contributed by atoms with van der Waals surface area (Å²) in [4.78, 5) is 0. The van der Waals surface area contributed by atoms with Gasteiger partial charge in [-0.25, -0.2) is 0 Å². The molecule has 0 saturated heterocycles. The van der Waals surface area contributed by atoms with Gasteiger partial charge in [0.1, 0.15) is 5.75 Å². The summed E-state index contributed by atoms with van der Waals surface area (Å²) in [7, 11) is 0. The Hall–Kier alpha value is -0.730. The van der Waals surface area contributed by atoms with Crippen LogP contribution < -0.4 is 10.1 Å². The Morgan fingerprint density at radius 1 is 1.15 bits per heavy atom. The summed E-state index contributed by atoms with van der Waals surface area (Å²) in [5.41, 5.74) is 1.17. The maximum absolute atomic E-state index is 6.10. The second-order valence-electron chi connectivity index (χ2n) is 5.61. The second-order valence-corrected chi connectivity index (χ2v) is 6.04. The summed E-state index contributed by atoms with van der Waals surface area (Å²) in [5.74, 6) is 0.954. The van der Waals surface area contributed by atoms with Crippen LogP contribution in [0.25, 0.3) is 0 Å². The number of benzene rings is 1. The average Bonchev–Trinajstić information content (AvgIpc) is 2.40. The Bertz CT molecular complexity index is 400. The highest BCUT2D eigenvalue weighted by atomic mass is 35.5. The van der Waals surface area contributed by atoms with Crippen molar-refractivity contribution in [3.63, 3.8) is 0 Å². The Labute approximate surface area is 127 Å². The monoisotopic (exact) mass is 295 g/mol. The Morgan fingerprint density at radius 3 is 2.55 bits per heavy atom. The van der Waals surface area contributed by atoms with Crippen LogP contribution in [0.15, 0.2) is 18.2 Å². The Balaban J connectivity index is 1.92. The van der Waals surface area contributed by atoms with Gasteiger partial charge in [-0.15, -0.1) is 0 Å². The number of halogens is 1. The maximum atomic E-state index is 6.10. The van der Waals surface area contributed by atoms with Gasteiger partial charge in [0, 0.05) is 23.2 Å². The van der Waals surface area contributed by atoms with Gasteiger partial charge in [0.2, 0.25) is 0 Å². The summed E-state index contributed by atoms with van der Waals surface area (Å²) in [6.45, 7) is 3.55. The fourth-order valence-corrected chi connectivity index (χ4v) is 3.09. The highest BCUT2D eigenvalue weighted by Crippen LogP contribution is 2.24. The molecule has 1 aromatic carbocycles. The zero-order chi connectivity index (χ0) is 14.2. The van der Waals surface area contributed by atoms with E-state index in [9.17, 15) is 0 Å². The van der Waals surface area contributed by atoms with Crippen LogP contribution in [0, 0.1) is 0 Å². The molecule has 1 aromatic rings. The third-order valence-electron chi connectivity index (χ3n) is 4.01. The van der Waals surface area contributed by atoms with E-state index in [-0.39, 0.29) is 0 Å². The van der Waals surface area contributed by atoms with Gasteiger partial charge in [0.05, 0.1) is 6.61 Å². The smallest absolute Gasteiger partial charge is 0.123 e. The van der Waals surface area contributed by atoms with E-state index in [0.717, 1.165) is 17.3 Å². The molecule has 2 rings (SSSR count). The molecule has 0 unspecified atom stereocenters. The summed E-state index contributed by atoms with van der Waals surface area (Å²) >= 11 is 6.10. The molecular weight excluding hydrogens is 270 g/mol. The van der Waals surface area contributed by atoms with Crippen molar-refractivity contribution in [2.75, 3.05) is 6.61 Å². The highest BCUT2D eigenvalue weighted by molar-refractivity contribution is 6.30. The molecule has 0 aromatic heterocycles. The summed E-state index contributed by atoms with van der Waals surface area (Å²) < 4.78 is 5.68. The number of hydrogen-bond acceptors (Lipinski definition) is 2. The predicted molar refractivity (Wildman–Crippen MR) is 85.6 cm³/mol. The number of rotatable bonds is 5. The first-order valence-electron chi connectivity index (χ1n) is 7.94. The van der Waals surface area contributed by atoms with Gasteiger partial charge in [0.15, 0.2) is 0 Å². The van der Waals surface area contributed by atoms with E-state index in [1.165, 1.54) is 50.5 Å². The first-order valence-corrected chi connectivity index (χ1v) is 8.32. The Kier molecular flexibility index (Phi) is 6.68. The van der Waals surface area contributed by atoms with Gasteiger partial charge >= 0.3 is 0 Å². The quantitative estimate of drug-likeness (QED) is 0.830. The van der Waals surface area contributed by atoms with Gasteiger partial charge < -0.3 is 10.1 Å². The van der Waals surface area contributed by atoms with Crippen LogP contribution in [0.5, 0.6) is 5.75 Å². The van der Waals surface area contributed by atoms with Crippen molar-refractivity contribution in [3.05, 3.63) is 28.8 Å². The normalized spacial score (nSPS) is 17.5. The minimum absolute atomic E-state index is 0.642.